The van der Waals surface area contributed by atoms with Gasteiger partial charge < -0.3 is 10.6 Å². The third kappa shape index (κ3) is 3.75. The lowest BCUT2D eigenvalue weighted by atomic mass is 10.4. The smallest absolute Gasteiger partial charge is 0.238 e. The van der Waals surface area contributed by atoms with E-state index in [2.05, 4.69) is 27.2 Å². The normalized spacial score (nSPS) is 10.1. The largest absolute Gasteiger partial charge is 0.324 e. The van der Waals surface area contributed by atoms with E-state index in [-0.39, 0.29) is 12.5 Å². The zero-order chi connectivity index (χ0) is 13.5. The van der Waals surface area contributed by atoms with Gasteiger partial charge in [-0.15, -0.1) is 6.58 Å². The third-order valence-corrected chi connectivity index (χ3v) is 2.37. The summed E-state index contributed by atoms with van der Waals surface area (Å²) in [6, 6.07) is 3.61. The van der Waals surface area contributed by atoms with Crippen molar-refractivity contribution in [3.63, 3.8) is 0 Å². The van der Waals surface area contributed by atoms with Gasteiger partial charge in [-0.05, 0) is 12.1 Å². The van der Waals surface area contributed by atoms with Crippen LogP contribution < -0.4 is 10.6 Å². The van der Waals surface area contributed by atoms with Crippen LogP contribution in [0.1, 0.15) is 0 Å². The van der Waals surface area contributed by atoms with Gasteiger partial charge in [0.2, 0.25) is 5.91 Å². The van der Waals surface area contributed by atoms with Gasteiger partial charge in [-0.1, -0.05) is 6.08 Å². The number of carbonyl (C=O) groups is 1. The molecule has 2 N–H and O–H groups in total. The molecular formula is C13H15N5O. The van der Waals surface area contributed by atoms with E-state index in [9.17, 15) is 4.79 Å². The second-order valence-electron chi connectivity index (χ2n) is 3.84. The minimum atomic E-state index is -0.112. The molecule has 2 heterocycles. The van der Waals surface area contributed by atoms with E-state index in [1.165, 1.54) is 0 Å². The van der Waals surface area contributed by atoms with Gasteiger partial charge in [-0.3, -0.25) is 9.36 Å². The zero-order valence-corrected chi connectivity index (χ0v) is 10.4. The van der Waals surface area contributed by atoms with Crippen molar-refractivity contribution in [1.82, 2.24) is 19.9 Å². The van der Waals surface area contributed by atoms with E-state index >= 15 is 0 Å². The average molecular weight is 257 g/mol. The highest BCUT2D eigenvalue weighted by Crippen LogP contribution is 2.09. The number of hydrogen-bond donors (Lipinski definition) is 2. The van der Waals surface area contributed by atoms with Crippen LogP contribution in [-0.4, -0.2) is 33.5 Å². The maximum Gasteiger partial charge on any atom is 0.238 e. The summed E-state index contributed by atoms with van der Waals surface area (Å²) in [6.07, 6.45) is 8.47. The number of hydrogen-bond acceptors (Lipinski definition) is 4. The zero-order valence-electron chi connectivity index (χ0n) is 10.4. The minimum Gasteiger partial charge on any atom is -0.324 e. The summed E-state index contributed by atoms with van der Waals surface area (Å²) in [4.78, 5) is 19.7. The number of rotatable bonds is 6. The Hall–Kier alpha value is -2.47. The van der Waals surface area contributed by atoms with Crippen LogP contribution in [0.15, 0.2) is 49.7 Å². The van der Waals surface area contributed by atoms with Gasteiger partial charge >= 0.3 is 0 Å². The standard InChI is InChI=1S/C13H15N5O/c1-2-5-14-9-13(19)17-11-3-4-12(16-8-11)18-7-6-15-10-18/h2-4,6-8,10,14H,1,5,9H2,(H,17,19). The molecule has 19 heavy (non-hydrogen) atoms. The first-order valence-electron chi connectivity index (χ1n) is 5.85. The fraction of sp³-hybridized carbons (Fsp3) is 0.154. The van der Waals surface area contributed by atoms with Gasteiger partial charge in [0.05, 0.1) is 18.4 Å². The Morgan fingerprint density at radius 3 is 3.00 bits per heavy atom. The van der Waals surface area contributed by atoms with Crippen molar-refractivity contribution in [2.24, 2.45) is 0 Å². The van der Waals surface area contributed by atoms with Crippen molar-refractivity contribution in [2.45, 2.75) is 0 Å². The highest BCUT2D eigenvalue weighted by molar-refractivity contribution is 5.92. The molecule has 2 aromatic rings. The lowest BCUT2D eigenvalue weighted by Crippen LogP contribution is -2.28. The highest BCUT2D eigenvalue weighted by atomic mass is 16.1. The molecule has 0 aliphatic carbocycles. The number of imidazole rings is 1. The second-order valence-corrected chi connectivity index (χ2v) is 3.84. The van der Waals surface area contributed by atoms with Crippen LogP contribution in [0.4, 0.5) is 5.69 Å². The Kier molecular flexibility index (Phi) is 4.41. The van der Waals surface area contributed by atoms with E-state index < -0.39 is 0 Å². The van der Waals surface area contributed by atoms with E-state index in [1.807, 2.05) is 6.07 Å². The molecule has 0 saturated carbocycles. The molecule has 0 aromatic carbocycles. The molecule has 98 valence electrons. The summed E-state index contributed by atoms with van der Waals surface area (Å²) >= 11 is 0. The lowest BCUT2D eigenvalue weighted by Gasteiger charge is -2.06. The highest BCUT2D eigenvalue weighted by Gasteiger charge is 2.02. The van der Waals surface area contributed by atoms with Crippen molar-refractivity contribution in [1.29, 1.82) is 0 Å². The van der Waals surface area contributed by atoms with Gasteiger partial charge in [0.15, 0.2) is 0 Å². The lowest BCUT2D eigenvalue weighted by molar-refractivity contribution is -0.115. The van der Waals surface area contributed by atoms with Crippen molar-refractivity contribution >= 4 is 11.6 Å². The first-order valence-corrected chi connectivity index (χ1v) is 5.85. The van der Waals surface area contributed by atoms with E-state index in [4.69, 9.17) is 0 Å². The molecular weight excluding hydrogens is 242 g/mol. The topological polar surface area (TPSA) is 71.8 Å². The monoisotopic (exact) mass is 257 g/mol. The Bertz CT molecular complexity index is 533. The Balaban J connectivity index is 1.92. The van der Waals surface area contributed by atoms with Crippen molar-refractivity contribution in [2.75, 3.05) is 18.4 Å². The van der Waals surface area contributed by atoms with Crippen LogP contribution in [0.25, 0.3) is 5.82 Å². The molecule has 2 aromatic heterocycles. The van der Waals surface area contributed by atoms with Crippen molar-refractivity contribution in [3.05, 3.63) is 49.7 Å². The number of nitrogens with one attached hydrogen (secondary N) is 2. The summed E-state index contributed by atoms with van der Waals surface area (Å²) in [6.45, 7) is 4.41. The molecule has 6 heteroatoms. The second kappa shape index (κ2) is 6.46. The molecule has 0 fully saturated rings. The van der Waals surface area contributed by atoms with E-state index in [0.717, 1.165) is 5.82 Å². The molecule has 0 atom stereocenters. The van der Waals surface area contributed by atoms with Gasteiger partial charge in [-0.25, -0.2) is 9.97 Å². The molecule has 0 bridgehead atoms. The molecule has 0 radical (unpaired) electrons. The number of amides is 1. The first kappa shape index (κ1) is 13.0. The molecule has 1 amide bonds. The summed E-state index contributed by atoms with van der Waals surface area (Å²) in [5, 5.41) is 5.68. The maximum absolute atomic E-state index is 11.5. The van der Waals surface area contributed by atoms with Crippen LogP contribution >= 0.6 is 0 Å². The predicted molar refractivity (Wildman–Crippen MR) is 73.1 cm³/mol. The minimum absolute atomic E-state index is 0.112. The van der Waals surface area contributed by atoms with Crippen LogP contribution in [0, 0.1) is 0 Å². The number of pyridine rings is 1. The molecule has 0 unspecified atom stereocenters. The average Bonchev–Trinajstić information content (AvgIpc) is 2.94. The molecule has 0 aliphatic rings. The van der Waals surface area contributed by atoms with Gasteiger partial charge in [0.1, 0.15) is 12.1 Å². The van der Waals surface area contributed by atoms with Crippen molar-refractivity contribution < 1.29 is 4.79 Å². The van der Waals surface area contributed by atoms with Crippen LogP contribution in [0.3, 0.4) is 0 Å². The van der Waals surface area contributed by atoms with Crippen LogP contribution in [0.5, 0.6) is 0 Å². The fourth-order valence-electron chi connectivity index (χ4n) is 1.50. The molecule has 0 spiro atoms. The molecule has 0 saturated heterocycles. The summed E-state index contributed by atoms with van der Waals surface area (Å²) in [5.74, 6) is 0.638. The number of carbonyl (C=O) groups excluding carboxylic acids is 1. The fourth-order valence-corrected chi connectivity index (χ4v) is 1.50. The van der Waals surface area contributed by atoms with E-state index in [1.54, 1.807) is 41.6 Å². The van der Waals surface area contributed by atoms with Crippen LogP contribution in [-0.2, 0) is 4.79 Å². The summed E-state index contributed by atoms with van der Waals surface area (Å²) in [5.41, 5.74) is 0.661. The number of anilines is 1. The maximum atomic E-state index is 11.5. The van der Waals surface area contributed by atoms with Gasteiger partial charge in [0, 0.05) is 18.9 Å². The molecule has 2 rings (SSSR count). The van der Waals surface area contributed by atoms with Crippen LogP contribution in [0.2, 0.25) is 0 Å². The Labute approximate surface area is 111 Å². The van der Waals surface area contributed by atoms with Gasteiger partial charge in [0.25, 0.3) is 0 Å². The Morgan fingerprint density at radius 2 is 2.37 bits per heavy atom. The first-order chi connectivity index (χ1) is 9.29. The number of nitrogens with zero attached hydrogens (tertiary/aromatic N) is 3. The Morgan fingerprint density at radius 1 is 1.47 bits per heavy atom. The molecule has 0 aliphatic heterocycles. The molecule has 6 nitrogen and oxygen atoms in total. The van der Waals surface area contributed by atoms with Gasteiger partial charge in [-0.2, -0.15) is 0 Å². The third-order valence-electron chi connectivity index (χ3n) is 2.37. The van der Waals surface area contributed by atoms with Crippen molar-refractivity contribution in [3.8, 4) is 5.82 Å². The van der Waals surface area contributed by atoms with E-state index in [0.29, 0.717) is 12.2 Å². The predicted octanol–water partition coefficient (Wildman–Crippen LogP) is 0.981. The SMILES string of the molecule is C=CCNCC(=O)Nc1ccc(-n2ccnc2)nc1. The number of aromatic nitrogens is 3. The summed E-state index contributed by atoms with van der Waals surface area (Å²) in [7, 11) is 0. The summed E-state index contributed by atoms with van der Waals surface area (Å²) < 4.78 is 1.79. The quantitative estimate of drug-likeness (QED) is 0.598.